The molecule has 0 radical (unpaired) electrons. The molecule has 2 heterocycles. The number of fused-ring (bicyclic) bond motifs is 1. The van der Waals surface area contributed by atoms with Gasteiger partial charge in [-0.25, -0.2) is 9.78 Å². The Balaban J connectivity index is 2.22. The van der Waals surface area contributed by atoms with E-state index in [2.05, 4.69) is 29.9 Å². The number of nitrogens with one attached hydrogen (secondary N) is 1. The predicted octanol–water partition coefficient (Wildman–Crippen LogP) is 2.67. The smallest absolute Gasteiger partial charge is 0.309 e. The molecular formula is C18H22N4O2S. The van der Waals surface area contributed by atoms with Crippen molar-refractivity contribution in [2.24, 2.45) is 7.05 Å². The molecule has 7 heteroatoms. The fourth-order valence-corrected chi connectivity index (χ4v) is 3.66. The van der Waals surface area contributed by atoms with Crippen molar-refractivity contribution in [3.63, 3.8) is 0 Å². The van der Waals surface area contributed by atoms with Crippen molar-refractivity contribution in [2.45, 2.75) is 44.1 Å². The molecule has 0 spiro atoms. The molecule has 6 nitrogen and oxygen atoms in total. The summed E-state index contributed by atoms with van der Waals surface area (Å²) < 4.78 is 3.31. The maximum atomic E-state index is 12.5. The lowest BCUT2D eigenvalue weighted by atomic mass is 10.1. The van der Waals surface area contributed by atoms with Gasteiger partial charge in [0.1, 0.15) is 0 Å². The zero-order chi connectivity index (χ0) is 18.1. The number of H-pyrrole nitrogens is 1. The summed E-state index contributed by atoms with van der Waals surface area (Å²) in [6.07, 6.45) is 0.994. The van der Waals surface area contributed by atoms with Gasteiger partial charge >= 0.3 is 5.69 Å². The molecular weight excluding hydrogens is 336 g/mol. The molecule has 132 valence electrons. The number of nitrogens with zero attached hydrogens (tertiary/aromatic N) is 3. The van der Waals surface area contributed by atoms with Gasteiger partial charge in [-0.1, -0.05) is 55.4 Å². The molecule has 0 aliphatic rings. The molecule has 3 rings (SSSR count). The van der Waals surface area contributed by atoms with Crippen LogP contribution < -0.4 is 11.2 Å². The van der Waals surface area contributed by atoms with Gasteiger partial charge in [-0.2, -0.15) is 0 Å². The van der Waals surface area contributed by atoms with E-state index in [-0.39, 0.29) is 0 Å². The number of aryl methyl sites for hydroxylation is 2. The van der Waals surface area contributed by atoms with Crippen molar-refractivity contribution < 1.29 is 0 Å². The number of rotatable bonds is 5. The maximum Gasteiger partial charge on any atom is 0.329 e. The third kappa shape index (κ3) is 3.42. The quantitative estimate of drug-likeness (QED) is 0.712. The molecule has 1 atom stereocenters. The van der Waals surface area contributed by atoms with E-state index in [0.29, 0.717) is 23.0 Å². The third-order valence-corrected chi connectivity index (χ3v) is 5.53. The second kappa shape index (κ2) is 6.92. The van der Waals surface area contributed by atoms with Crippen LogP contribution in [0.15, 0.2) is 39.0 Å². The highest BCUT2D eigenvalue weighted by Crippen LogP contribution is 2.27. The molecule has 0 aliphatic heterocycles. The summed E-state index contributed by atoms with van der Waals surface area (Å²) >= 11 is 1.63. The molecule has 0 bridgehead atoms. The van der Waals surface area contributed by atoms with Crippen LogP contribution in [0.5, 0.6) is 0 Å². The van der Waals surface area contributed by atoms with Crippen LogP contribution in [-0.4, -0.2) is 24.4 Å². The van der Waals surface area contributed by atoms with Gasteiger partial charge < -0.3 is 4.57 Å². The van der Waals surface area contributed by atoms with Crippen molar-refractivity contribution in [1.29, 1.82) is 0 Å². The van der Waals surface area contributed by atoms with Crippen LogP contribution in [-0.2, 0) is 13.6 Å². The highest BCUT2D eigenvalue weighted by atomic mass is 32.2. The number of hydrogen-bond acceptors (Lipinski definition) is 4. The lowest BCUT2D eigenvalue weighted by Crippen LogP contribution is -2.29. The largest absolute Gasteiger partial charge is 0.329 e. The minimum Gasteiger partial charge on any atom is -0.309 e. The molecule has 0 saturated heterocycles. The van der Waals surface area contributed by atoms with Gasteiger partial charge in [0.25, 0.3) is 5.56 Å². The van der Waals surface area contributed by atoms with Crippen molar-refractivity contribution in [2.75, 3.05) is 0 Å². The molecule has 1 N–H and O–H groups in total. The minimum atomic E-state index is -0.446. The number of benzene rings is 1. The van der Waals surface area contributed by atoms with Crippen LogP contribution in [0, 0.1) is 6.92 Å². The monoisotopic (exact) mass is 358 g/mol. The van der Waals surface area contributed by atoms with E-state index in [9.17, 15) is 9.59 Å². The lowest BCUT2D eigenvalue weighted by molar-refractivity contribution is 0.723. The van der Waals surface area contributed by atoms with E-state index < -0.39 is 11.2 Å². The van der Waals surface area contributed by atoms with Gasteiger partial charge in [-0.05, 0) is 18.9 Å². The van der Waals surface area contributed by atoms with Gasteiger partial charge in [-0.3, -0.25) is 14.3 Å². The predicted molar refractivity (Wildman–Crippen MR) is 101 cm³/mol. The van der Waals surface area contributed by atoms with Crippen LogP contribution >= 0.6 is 11.8 Å². The van der Waals surface area contributed by atoms with Crippen LogP contribution in [0.3, 0.4) is 0 Å². The summed E-state index contributed by atoms with van der Waals surface area (Å²) in [5, 5.41) is 1.13. The number of aromatic nitrogens is 4. The summed E-state index contributed by atoms with van der Waals surface area (Å²) in [6.45, 7) is 6.83. The standard InChI is InChI=1S/C18H22N4O2S/c1-5-12(3)25-18-19-15-14(16(23)20-17(24)21(15)4)22(18)10-13-8-6-7-11(2)9-13/h6-9,12H,5,10H2,1-4H3,(H,20,23,24)/t12-/m0/s1. The number of hydrogen-bond donors (Lipinski definition) is 1. The SMILES string of the molecule is CC[C@H](C)Sc1nc2c(c(=O)[nH]c(=O)n2C)n1Cc1cccc(C)c1. The fraction of sp³-hybridized carbons (Fsp3) is 0.389. The first-order chi connectivity index (χ1) is 11.9. The Kier molecular flexibility index (Phi) is 4.85. The highest BCUT2D eigenvalue weighted by Gasteiger charge is 2.19. The number of aromatic amines is 1. The zero-order valence-electron chi connectivity index (χ0n) is 14.9. The summed E-state index contributed by atoms with van der Waals surface area (Å²) in [5.41, 5.74) is 2.28. The molecule has 25 heavy (non-hydrogen) atoms. The topological polar surface area (TPSA) is 72.7 Å². The van der Waals surface area contributed by atoms with Crippen LogP contribution in [0.1, 0.15) is 31.4 Å². The number of thioether (sulfide) groups is 1. The Morgan fingerprint density at radius 3 is 2.76 bits per heavy atom. The van der Waals surface area contributed by atoms with E-state index in [0.717, 1.165) is 17.1 Å². The van der Waals surface area contributed by atoms with Crippen LogP contribution in [0.25, 0.3) is 11.2 Å². The average Bonchev–Trinajstić information content (AvgIpc) is 2.91. The van der Waals surface area contributed by atoms with Crippen molar-refractivity contribution in [3.8, 4) is 0 Å². The first kappa shape index (κ1) is 17.5. The summed E-state index contributed by atoms with van der Waals surface area (Å²) in [6, 6.07) is 8.18. The zero-order valence-corrected chi connectivity index (χ0v) is 15.7. The van der Waals surface area contributed by atoms with Crippen molar-refractivity contribution in [1.82, 2.24) is 19.1 Å². The average molecular weight is 358 g/mol. The molecule has 0 aliphatic carbocycles. The van der Waals surface area contributed by atoms with Crippen LogP contribution in [0.4, 0.5) is 0 Å². The van der Waals surface area contributed by atoms with Gasteiger partial charge in [0.2, 0.25) is 0 Å². The van der Waals surface area contributed by atoms with E-state index >= 15 is 0 Å². The first-order valence-corrected chi connectivity index (χ1v) is 9.20. The fourth-order valence-electron chi connectivity index (χ4n) is 2.71. The Labute approximate surface area is 149 Å². The molecule has 3 aromatic rings. The van der Waals surface area contributed by atoms with Gasteiger partial charge in [0.05, 0.1) is 6.54 Å². The molecule has 0 fully saturated rings. The van der Waals surface area contributed by atoms with E-state index in [1.54, 1.807) is 18.8 Å². The maximum absolute atomic E-state index is 12.5. The highest BCUT2D eigenvalue weighted by molar-refractivity contribution is 7.99. The summed E-state index contributed by atoms with van der Waals surface area (Å²) in [4.78, 5) is 31.4. The third-order valence-electron chi connectivity index (χ3n) is 4.28. The Morgan fingerprint density at radius 2 is 2.08 bits per heavy atom. The Hall–Kier alpha value is -2.28. The van der Waals surface area contributed by atoms with Crippen molar-refractivity contribution in [3.05, 3.63) is 56.2 Å². The molecule has 0 amide bonds. The summed E-state index contributed by atoms with van der Waals surface area (Å²) in [5.74, 6) is 0. The van der Waals surface area contributed by atoms with Gasteiger partial charge in [0, 0.05) is 12.3 Å². The molecule has 0 unspecified atom stereocenters. The Bertz CT molecular complexity index is 1030. The van der Waals surface area contributed by atoms with Gasteiger partial charge in [-0.15, -0.1) is 0 Å². The normalized spacial score (nSPS) is 12.6. The lowest BCUT2D eigenvalue weighted by Gasteiger charge is -2.11. The van der Waals surface area contributed by atoms with E-state index in [1.165, 1.54) is 10.1 Å². The van der Waals surface area contributed by atoms with Gasteiger partial charge in [0.15, 0.2) is 16.3 Å². The second-order valence-electron chi connectivity index (χ2n) is 6.30. The van der Waals surface area contributed by atoms with E-state index in [1.807, 2.05) is 29.7 Å². The van der Waals surface area contributed by atoms with Crippen LogP contribution in [0.2, 0.25) is 0 Å². The molecule has 2 aromatic heterocycles. The van der Waals surface area contributed by atoms with E-state index in [4.69, 9.17) is 0 Å². The number of imidazole rings is 1. The second-order valence-corrected chi connectivity index (χ2v) is 7.70. The first-order valence-electron chi connectivity index (χ1n) is 8.32. The van der Waals surface area contributed by atoms with Crippen molar-refractivity contribution >= 4 is 22.9 Å². The summed E-state index contributed by atoms with van der Waals surface area (Å²) in [7, 11) is 1.63. The Morgan fingerprint density at radius 1 is 1.32 bits per heavy atom. The minimum absolute atomic E-state index is 0.365. The molecule has 1 aromatic carbocycles. The molecule has 0 saturated carbocycles.